The first kappa shape index (κ1) is 11.9. The third kappa shape index (κ3) is 7.31. The minimum absolute atomic E-state index is 0.00533. The van der Waals surface area contributed by atoms with Crippen LogP contribution in [0, 0.1) is 0 Å². The predicted molar refractivity (Wildman–Crippen MR) is 49.2 cm³/mol. The van der Waals surface area contributed by atoms with Crippen molar-refractivity contribution in [3.63, 3.8) is 0 Å². The molecule has 0 aromatic carbocycles. The van der Waals surface area contributed by atoms with Crippen LogP contribution in [0.3, 0.4) is 0 Å². The van der Waals surface area contributed by atoms with Gasteiger partial charge in [0.15, 0.2) is 0 Å². The average molecular weight is 187 g/mol. The minimum atomic E-state index is -0.296. The molecule has 1 amide bonds. The van der Waals surface area contributed by atoms with Crippen molar-refractivity contribution in [2.24, 2.45) is 0 Å². The lowest BCUT2D eigenvalue weighted by Crippen LogP contribution is -2.25. The zero-order valence-electron chi connectivity index (χ0n) is 8.26. The molecule has 0 spiro atoms. The summed E-state index contributed by atoms with van der Waals surface area (Å²) < 4.78 is 4.42. The van der Waals surface area contributed by atoms with E-state index in [0.717, 1.165) is 12.8 Å². The third-order valence-corrected chi connectivity index (χ3v) is 1.64. The monoisotopic (exact) mass is 187 g/mol. The summed E-state index contributed by atoms with van der Waals surface area (Å²) in [6.45, 7) is 2.40. The van der Waals surface area contributed by atoms with Crippen molar-refractivity contribution in [1.82, 2.24) is 5.32 Å². The fourth-order valence-corrected chi connectivity index (χ4v) is 0.832. The van der Waals surface area contributed by atoms with Crippen LogP contribution in [0.15, 0.2) is 0 Å². The molecule has 0 radical (unpaired) electrons. The van der Waals surface area contributed by atoms with Crippen LogP contribution in [-0.4, -0.2) is 25.5 Å². The molecule has 0 rings (SSSR count). The Morgan fingerprint density at radius 1 is 1.31 bits per heavy atom. The summed E-state index contributed by atoms with van der Waals surface area (Å²) in [5, 5.41) is 2.64. The van der Waals surface area contributed by atoms with Crippen LogP contribution in [0.4, 0.5) is 0 Å². The average Bonchev–Trinajstić information content (AvgIpc) is 2.14. The van der Waals surface area contributed by atoms with Crippen molar-refractivity contribution in [1.29, 1.82) is 0 Å². The molecule has 0 saturated heterocycles. The van der Waals surface area contributed by atoms with Gasteiger partial charge in [-0.25, -0.2) is 0 Å². The van der Waals surface area contributed by atoms with Crippen molar-refractivity contribution in [2.45, 2.75) is 32.6 Å². The van der Waals surface area contributed by atoms with Gasteiger partial charge in [-0.05, 0) is 6.42 Å². The topological polar surface area (TPSA) is 55.4 Å². The molecule has 1 N–H and O–H groups in total. The SMILES string of the molecule is CCCCC(=O)NCCC(=O)OC. The molecule has 0 aliphatic rings. The molecule has 0 aliphatic heterocycles. The van der Waals surface area contributed by atoms with Gasteiger partial charge in [0.05, 0.1) is 13.5 Å². The maximum Gasteiger partial charge on any atom is 0.307 e. The van der Waals surface area contributed by atoms with E-state index in [1.165, 1.54) is 7.11 Å². The van der Waals surface area contributed by atoms with Gasteiger partial charge in [0.1, 0.15) is 0 Å². The number of carbonyl (C=O) groups is 2. The Kier molecular flexibility index (Phi) is 6.96. The maximum atomic E-state index is 11.0. The fourth-order valence-electron chi connectivity index (χ4n) is 0.832. The van der Waals surface area contributed by atoms with Crippen LogP contribution in [0.2, 0.25) is 0 Å². The van der Waals surface area contributed by atoms with E-state index in [-0.39, 0.29) is 18.3 Å². The molecule has 0 bridgehead atoms. The summed E-state index contributed by atoms with van der Waals surface area (Å²) in [5.41, 5.74) is 0. The van der Waals surface area contributed by atoms with Crippen LogP contribution in [-0.2, 0) is 14.3 Å². The lowest BCUT2D eigenvalue weighted by Gasteiger charge is -2.02. The Balaban J connectivity index is 3.31. The van der Waals surface area contributed by atoms with Gasteiger partial charge in [-0.1, -0.05) is 13.3 Å². The quantitative estimate of drug-likeness (QED) is 0.627. The molecule has 76 valence electrons. The molecule has 0 aromatic heterocycles. The van der Waals surface area contributed by atoms with Gasteiger partial charge >= 0.3 is 5.97 Å². The number of hydrogen-bond donors (Lipinski definition) is 1. The zero-order valence-corrected chi connectivity index (χ0v) is 8.26. The molecule has 0 aliphatic carbocycles. The molecule has 13 heavy (non-hydrogen) atoms. The summed E-state index contributed by atoms with van der Waals surface area (Å²) in [6.07, 6.45) is 2.68. The summed E-state index contributed by atoms with van der Waals surface area (Å²) >= 11 is 0. The van der Waals surface area contributed by atoms with Gasteiger partial charge in [-0.2, -0.15) is 0 Å². The summed E-state index contributed by atoms with van der Waals surface area (Å²) in [4.78, 5) is 21.6. The highest BCUT2D eigenvalue weighted by molar-refractivity contribution is 5.76. The smallest absolute Gasteiger partial charge is 0.307 e. The first-order chi connectivity index (χ1) is 6.20. The molecule has 4 heteroatoms. The second-order valence-electron chi connectivity index (χ2n) is 2.78. The third-order valence-electron chi connectivity index (χ3n) is 1.64. The Bertz CT molecular complexity index is 168. The van der Waals surface area contributed by atoms with Gasteiger partial charge in [0.25, 0.3) is 0 Å². The van der Waals surface area contributed by atoms with E-state index in [1.807, 2.05) is 6.92 Å². The Morgan fingerprint density at radius 3 is 2.54 bits per heavy atom. The van der Waals surface area contributed by atoms with Crippen molar-refractivity contribution in [3.8, 4) is 0 Å². The normalized spacial score (nSPS) is 9.38. The van der Waals surface area contributed by atoms with Gasteiger partial charge < -0.3 is 10.1 Å². The van der Waals surface area contributed by atoms with Crippen molar-refractivity contribution in [2.75, 3.05) is 13.7 Å². The van der Waals surface area contributed by atoms with E-state index in [0.29, 0.717) is 13.0 Å². The second kappa shape index (κ2) is 7.58. The summed E-state index contributed by atoms with van der Waals surface area (Å²) in [5.74, 6) is -0.290. The Labute approximate surface area is 78.6 Å². The van der Waals surface area contributed by atoms with Gasteiger partial charge in [-0.3, -0.25) is 9.59 Å². The second-order valence-corrected chi connectivity index (χ2v) is 2.78. The lowest BCUT2D eigenvalue weighted by molar-refractivity contribution is -0.140. The first-order valence-electron chi connectivity index (χ1n) is 4.54. The number of nitrogens with one attached hydrogen (secondary N) is 1. The minimum Gasteiger partial charge on any atom is -0.469 e. The number of carbonyl (C=O) groups excluding carboxylic acids is 2. The molecule has 0 unspecified atom stereocenters. The number of unbranched alkanes of at least 4 members (excludes halogenated alkanes) is 1. The highest BCUT2D eigenvalue weighted by Crippen LogP contribution is 1.93. The van der Waals surface area contributed by atoms with Crippen molar-refractivity contribution in [3.05, 3.63) is 0 Å². The molecule has 0 heterocycles. The Morgan fingerprint density at radius 2 is 2.00 bits per heavy atom. The highest BCUT2D eigenvalue weighted by atomic mass is 16.5. The lowest BCUT2D eigenvalue weighted by atomic mass is 10.2. The molecule has 0 saturated carbocycles. The molecular weight excluding hydrogens is 170 g/mol. The van der Waals surface area contributed by atoms with E-state index < -0.39 is 0 Å². The number of methoxy groups -OCH3 is 1. The van der Waals surface area contributed by atoms with Crippen molar-refractivity contribution < 1.29 is 14.3 Å². The fraction of sp³-hybridized carbons (Fsp3) is 0.778. The number of rotatable bonds is 6. The summed E-state index contributed by atoms with van der Waals surface area (Å²) in [6, 6.07) is 0. The van der Waals surface area contributed by atoms with E-state index in [4.69, 9.17) is 0 Å². The number of esters is 1. The van der Waals surface area contributed by atoms with E-state index >= 15 is 0 Å². The Hall–Kier alpha value is -1.06. The standard InChI is InChI=1S/C9H17NO3/c1-3-4-5-8(11)10-7-6-9(12)13-2/h3-7H2,1-2H3,(H,10,11). The van der Waals surface area contributed by atoms with E-state index in [1.54, 1.807) is 0 Å². The van der Waals surface area contributed by atoms with Gasteiger partial charge in [0, 0.05) is 13.0 Å². The number of hydrogen-bond acceptors (Lipinski definition) is 3. The first-order valence-corrected chi connectivity index (χ1v) is 4.54. The molecule has 0 atom stereocenters. The predicted octanol–water partition coefficient (Wildman–Crippen LogP) is 0.856. The molecule has 0 fully saturated rings. The maximum absolute atomic E-state index is 11.0. The van der Waals surface area contributed by atoms with Crippen LogP contribution in [0.1, 0.15) is 32.6 Å². The summed E-state index contributed by atoms with van der Waals surface area (Å²) in [7, 11) is 1.33. The molecule has 0 aromatic rings. The van der Waals surface area contributed by atoms with Gasteiger partial charge in [0.2, 0.25) is 5.91 Å². The largest absolute Gasteiger partial charge is 0.469 e. The number of ether oxygens (including phenoxy) is 1. The number of amides is 1. The van der Waals surface area contributed by atoms with E-state index in [9.17, 15) is 9.59 Å². The van der Waals surface area contributed by atoms with Crippen LogP contribution < -0.4 is 5.32 Å². The highest BCUT2D eigenvalue weighted by Gasteiger charge is 2.02. The van der Waals surface area contributed by atoms with Crippen molar-refractivity contribution >= 4 is 11.9 Å². The molecular formula is C9H17NO3. The van der Waals surface area contributed by atoms with Crippen LogP contribution >= 0.6 is 0 Å². The van der Waals surface area contributed by atoms with Crippen LogP contribution in [0.5, 0.6) is 0 Å². The van der Waals surface area contributed by atoms with Gasteiger partial charge in [-0.15, -0.1) is 0 Å². The van der Waals surface area contributed by atoms with Crippen LogP contribution in [0.25, 0.3) is 0 Å². The van der Waals surface area contributed by atoms with E-state index in [2.05, 4.69) is 10.1 Å². The molecule has 4 nitrogen and oxygen atoms in total. The zero-order chi connectivity index (χ0) is 10.1.